The van der Waals surface area contributed by atoms with E-state index >= 15 is 0 Å². The molecule has 2 rings (SSSR count). The molecule has 2 aliphatic carbocycles. The van der Waals surface area contributed by atoms with Gasteiger partial charge < -0.3 is 0 Å². The lowest BCUT2D eigenvalue weighted by molar-refractivity contribution is 0.195. The molecule has 0 aromatic rings. The summed E-state index contributed by atoms with van der Waals surface area (Å²) in [6.07, 6.45) is 14.8. The second-order valence-electron chi connectivity index (χ2n) is 7.41. The maximum Gasteiger partial charge on any atom is -0.0297 e. The maximum absolute atomic E-state index is 4.07. The van der Waals surface area contributed by atoms with Crippen LogP contribution in [0.5, 0.6) is 0 Å². The fourth-order valence-electron chi connectivity index (χ4n) is 4.20. The van der Waals surface area contributed by atoms with Crippen LogP contribution in [0.3, 0.4) is 0 Å². The molecule has 0 aromatic heterocycles. The lowest BCUT2D eigenvalue weighted by Crippen LogP contribution is -2.20. The minimum absolute atomic E-state index is 0.963. The second-order valence-corrected chi connectivity index (χ2v) is 7.41. The van der Waals surface area contributed by atoms with Gasteiger partial charge in [-0.2, -0.15) is 0 Å². The molecule has 0 N–H and O–H groups in total. The Hall–Kier alpha value is -0.260. The van der Waals surface area contributed by atoms with Crippen LogP contribution in [0, 0.1) is 23.7 Å². The standard InChI is InChI=1S/C18H32/c1-14(2)12-16-8-10-18(11-9-16)13-17-6-4-15(3)5-7-17/h15-18H,1,4-13H2,2-3H3. The van der Waals surface area contributed by atoms with Crippen LogP contribution in [0.2, 0.25) is 0 Å². The minimum Gasteiger partial charge on any atom is -0.100 e. The van der Waals surface area contributed by atoms with Gasteiger partial charge in [0.2, 0.25) is 0 Å². The van der Waals surface area contributed by atoms with Crippen molar-refractivity contribution in [1.29, 1.82) is 0 Å². The molecule has 0 bridgehead atoms. The zero-order chi connectivity index (χ0) is 13.0. The van der Waals surface area contributed by atoms with Crippen molar-refractivity contribution in [2.45, 2.75) is 78.1 Å². The summed E-state index contributed by atoms with van der Waals surface area (Å²) < 4.78 is 0. The van der Waals surface area contributed by atoms with E-state index in [0.717, 1.165) is 23.7 Å². The number of hydrogen-bond donors (Lipinski definition) is 0. The molecule has 0 aromatic carbocycles. The number of allylic oxidation sites excluding steroid dienone is 1. The van der Waals surface area contributed by atoms with Gasteiger partial charge in [-0.05, 0) is 56.3 Å². The highest BCUT2D eigenvalue weighted by Crippen LogP contribution is 2.39. The molecule has 0 heteroatoms. The van der Waals surface area contributed by atoms with Gasteiger partial charge in [-0.3, -0.25) is 0 Å². The zero-order valence-corrected chi connectivity index (χ0v) is 12.6. The highest BCUT2D eigenvalue weighted by molar-refractivity contribution is 4.91. The first-order valence-corrected chi connectivity index (χ1v) is 8.28. The summed E-state index contributed by atoms with van der Waals surface area (Å²) in [5, 5.41) is 0. The third kappa shape index (κ3) is 4.44. The van der Waals surface area contributed by atoms with E-state index in [1.54, 1.807) is 6.42 Å². The third-order valence-electron chi connectivity index (χ3n) is 5.41. The van der Waals surface area contributed by atoms with E-state index in [1.165, 1.54) is 63.4 Å². The number of hydrogen-bond acceptors (Lipinski definition) is 0. The van der Waals surface area contributed by atoms with Gasteiger partial charge in [0.1, 0.15) is 0 Å². The van der Waals surface area contributed by atoms with Crippen molar-refractivity contribution in [1.82, 2.24) is 0 Å². The first kappa shape index (κ1) is 14.2. The molecule has 0 radical (unpaired) electrons. The van der Waals surface area contributed by atoms with Gasteiger partial charge in [-0.25, -0.2) is 0 Å². The molecule has 0 amide bonds. The molecule has 0 unspecified atom stereocenters. The van der Waals surface area contributed by atoms with Crippen molar-refractivity contribution in [3.63, 3.8) is 0 Å². The third-order valence-corrected chi connectivity index (χ3v) is 5.41. The van der Waals surface area contributed by atoms with Gasteiger partial charge in [0.15, 0.2) is 0 Å². The second kappa shape index (κ2) is 6.78. The van der Waals surface area contributed by atoms with Crippen LogP contribution in [0.1, 0.15) is 78.1 Å². The average Bonchev–Trinajstić information content (AvgIpc) is 2.34. The fraction of sp³-hybridized carbons (Fsp3) is 0.889. The SMILES string of the molecule is C=C(C)CC1CCC(CC2CCC(C)CC2)CC1. The highest BCUT2D eigenvalue weighted by atomic mass is 14.3. The average molecular weight is 248 g/mol. The molecule has 2 saturated carbocycles. The van der Waals surface area contributed by atoms with Crippen LogP contribution in [-0.4, -0.2) is 0 Å². The molecule has 18 heavy (non-hydrogen) atoms. The van der Waals surface area contributed by atoms with Crippen LogP contribution in [0.25, 0.3) is 0 Å². The largest absolute Gasteiger partial charge is 0.100 e. The van der Waals surface area contributed by atoms with Crippen LogP contribution < -0.4 is 0 Å². The molecule has 0 saturated heterocycles. The predicted molar refractivity (Wildman–Crippen MR) is 80.6 cm³/mol. The first-order chi connectivity index (χ1) is 8.63. The number of rotatable bonds is 4. The maximum atomic E-state index is 4.07. The molecular weight excluding hydrogens is 216 g/mol. The highest BCUT2D eigenvalue weighted by Gasteiger charge is 2.25. The summed E-state index contributed by atoms with van der Waals surface area (Å²) in [5.41, 5.74) is 1.39. The van der Waals surface area contributed by atoms with E-state index in [4.69, 9.17) is 0 Å². The van der Waals surface area contributed by atoms with Gasteiger partial charge in [0, 0.05) is 0 Å². The van der Waals surface area contributed by atoms with Crippen molar-refractivity contribution in [3.8, 4) is 0 Å². The first-order valence-electron chi connectivity index (χ1n) is 8.28. The Kier molecular flexibility index (Phi) is 5.33. The van der Waals surface area contributed by atoms with Crippen molar-refractivity contribution in [3.05, 3.63) is 12.2 Å². The summed E-state index contributed by atoms with van der Waals surface area (Å²) in [5.74, 6) is 4.10. The Balaban J connectivity index is 1.65. The molecule has 2 aliphatic rings. The molecule has 0 nitrogen and oxygen atoms in total. The quantitative estimate of drug-likeness (QED) is 0.537. The molecule has 0 atom stereocenters. The van der Waals surface area contributed by atoms with Crippen LogP contribution >= 0.6 is 0 Å². The molecular formula is C18H32. The van der Waals surface area contributed by atoms with Gasteiger partial charge in [0.05, 0.1) is 0 Å². The lowest BCUT2D eigenvalue weighted by Gasteiger charge is -2.33. The Bertz CT molecular complexity index is 249. The van der Waals surface area contributed by atoms with Crippen LogP contribution in [0.4, 0.5) is 0 Å². The van der Waals surface area contributed by atoms with E-state index in [-0.39, 0.29) is 0 Å². The Morgan fingerprint density at radius 3 is 1.78 bits per heavy atom. The fourth-order valence-corrected chi connectivity index (χ4v) is 4.20. The molecule has 104 valence electrons. The van der Waals surface area contributed by atoms with E-state index in [0.29, 0.717) is 0 Å². The van der Waals surface area contributed by atoms with Crippen molar-refractivity contribution < 1.29 is 0 Å². The molecule has 2 fully saturated rings. The van der Waals surface area contributed by atoms with E-state index in [9.17, 15) is 0 Å². The van der Waals surface area contributed by atoms with Gasteiger partial charge in [-0.1, -0.05) is 51.0 Å². The normalized spacial score (nSPS) is 37.4. The van der Waals surface area contributed by atoms with Gasteiger partial charge in [0.25, 0.3) is 0 Å². The van der Waals surface area contributed by atoms with Crippen molar-refractivity contribution in [2.24, 2.45) is 23.7 Å². The summed E-state index contributed by atoms with van der Waals surface area (Å²) in [6, 6.07) is 0. The molecule has 0 aliphatic heterocycles. The van der Waals surface area contributed by atoms with E-state index in [2.05, 4.69) is 20.4 Å². The zero-order valence-electron chi connectivity index (χ0n) is 12.6. The Morgan fingerprint density at radius 2 is 1.28 bits per heavy atom. The van der Waals surface area contributed by atoms with Crippen LogP contribution in [-0.2, 0) is 0 Å². The summed E-state index contributed by atoms with van der Waals surface area (Å²) in [4.78, 5) is 0. The molecule has 0 heterocycles. The predicted octanol–water partition coefficient (Wildman–Crippen LogP) is 5.98. The van der Waals surface area contributed by atoms with E-state index in [1.807, 2.05) is 0 Å². The summed E-state index contributed by atoms with van der Waals surface area (Å²) >= 11 is 0. The lowest BCUT2D eigenvalue weighted by atomic mass is 9.73. The Morgan fingerprint density at radius 1 is 0.833 bits per heavy atom. The molecule has 0 spiro atoms. The van der Waals surface area contributed by atoms with Crippen molar-refractivity contribution in [2.75, 3.05) is 0 Å². The van der Waals surface area contributed by atoms with E-state index < -0.39 is 0 Å². The summed E-state index contributed by atoms with van der Waals surface area (Å²) in [7, 11) is 0. The van der Waals surface area contributed by atoms with Crippen molar-refractivity contribution >= 4 is 0 Å². The van der Waals surface area contributed by atoms with Crippen LogP contribution in [0.15, 0.2) is 12.2 Å². The smallest absolute Gasteiger partial charge is 0.0297 e. The van der Waals surface area contributed by atoms with Gasteiger partial charge >= 0.3 is 0 Å². The minimum atomic E-state index is 0.963. The topological polar surface area (TPSA) is 0 Å². The monoisotopic (exact) mass is 248 g/mol. The van der Waals surface area contributed by atoms with Gasteiger partial charge in [-0.15, -0.1) is 6.58 Å². The summed E-state index contributed by atoms with van der Waals surface area (Å²) in [6.45, 7) is 8.69. The Labute approximate surface area is 114 Å².